The first-order valence-electron chi connectivity index (χ1n) is 10.7. The lowest BCUT2D eigenvalue weighted by atomic mass is 9.96. The molecule has 1 heterocycles. The molecule has 31 heavy (non-hydrogen) atoms. The number of hydrogen-bond donors (Lipinski definition) is 0. The van der Waals surface area contributed by atoms with Gasteiger partial charge in [0.2, 0.25) is 5.91 Å². The molecule has 1 saturated heterocycles. The number of carbonyl (C=O) groups excluding carboxylic acids is 1. The van der Waals surface area contributed by atoms with Crippen LogP contribution in [0.25, 0.3) is 0 Å². The highest BCUT2D eigenvalue weighted by Crippen LogP contribution is 2.29. The summed E-state index contributed by atoms with van der Waals surface area (Å²) in [6, 6.07) is 28.1. The molecule has 3 nitrogen and oxygen atoms in total. The molecule has 4 rings (SSSR count). The Morgan fingerprint density at radius 2 is 1.35 bits per heavy atom. The van der Waals surface area contributed by atoms with Crippen molar-refractivity contribution >= 4 is 17.7 Å². The third kappa shape index (κ3) is 5.54. The van der Waals surface area contributed by atoms with Crippen molar-refractivity contribution in [2.24, 2.45) is 0 Å². The van der Waals surface area contributed by atoms with Crippen LogP contribution in [0.15, 0.2) is 84.9 Å². The molecule has 0 atom stereocenters. The monoisotopic (exact) mass is 434 g/mol. The first-order valence-corrected chi connectivity index (χ1v) is 11.8. The molecule has 1 aliphatic heterocycles. The van der Waals surface area contributed by atoms with Crippen LogP contribution in [0.1, 0.15) is 22.7 Å². The van der Waals surface area contributed by atoms with E-state index >= 15 is 0 Å². The van der Waals surface area contributed by atoms with Crippen LogP contribution in [-0.2, 0) is 10.5 Å². The van der Waals surface area contributed by atoms with Crippen LogP contribution >= 0.6 is 11.8 Å². The number of piperazine rings is 1. The van der Waals surface area contributed by atoms with Crippen LogP contribution in [0.3, 0.4) is 0 Å². The van der Waals surface area contributed by atoms with Gasteiger partial charge in [0.25, 0.3) is 0 Å². The first-order chi connectivity index (χ1) is 15.2. The van der Waals surface area contributed by atoms with Crippen LogP contribution in [0, 0.1) is 5.82 Å². The normalized spacial score (nSPS) is 14.7. The molecule has 0 radical (unpaired) electrons. The van der Waals surface area contributed by atoms with Crippen molar-refractivity contribution in [3.05, 3.63) is 107 Å². The summed E-state index contributed by atoms with van der Waals surface area (Å²) in [5.74, 6) is 0.832. The maximum absolute atomic E-state index is 13.8. The van der Waals surface area contributed by atoms with Gasteiger partial charge in [0, 0.05) is 31.9 Å². The Morgan fingerprint density at radius 3 is 1.94 bits per heavy atom. The molecule has 1 aliphatic rings. The number of carbonyl (C=O) groups is 1. The zero-order valence-corrected chi connectivity index (χ0v) is 18.3. The summed E-state index contributed by atoms with van der Waals surface area (Å²) < 4.78 is 13.8. The van der Waals surface area contributed by atoms with E-state index in [-0.39, 0.29) is 17.8 Å². The Hall–Kier alpha value is -2.63. The third-order valence-corrected chi connectivity index (χ3v) is 6.67. The fraction of sp³-hybridized carbons (Fsp3) is 0.269. The van der Waals surface area contributed by atoms with Gasteiger partial charge in [-0.2, -0.15) is 0 Å². The van der Waals surface area contributed by atoms with Gasteiger partial charge in [-0.25, -0.2) is 4.39 Å². The average molecular weight is 435 g/mol. The molecule has 160 valence electrons. The van der Waals surface area contributed by atoms with Crippen molar-refractivity contribution in [2.75, 3.05) is 31.9 Å². The quantitative estimate of drug-likeness (QED) is 0.523. The summed E-state index contributed by atoms with van der Waals surface area (Å²) in [5, 5.41) is 0. The Kier molecular flexibility index (Phi) is 7.39. The summed E-state index contributed by atoms with van der Waals surface area (Å²) in [4.78, 5) is 17.1. The Morgan fingerprint density at radius 1 is 0.806 bits per heavy atom. The van der Waals surface area contributed by atoms with Crippen molar-refractivity contribution < 1.29 is 9.18 Å². The van der Waals surface area contributed by atoms with Gasteiger partial charge in [-0.1, -0.05) is 78.9 Å². The minimum atomic E-state index is -0.205. The minimum Gasteiger partial charge on any atom is -0.339 e. The fourth-order valence-electron chi connectivity index (χ4n) is 4.07. The predicted molar refractivity (Wildman–Crippen MR) is 125 cm³/mol. The molecule has 1 fully saturated rings. The predicted octanol–water partition coefficient (Wildman–Crippen LogP) is 4.99. The highest BCUT2D eigenvalue weighted by Gasteiger charge is 2.28. The molecule has 0 bridgehead atoms. The number of amides is 1. The molecule has 1 amide bonds. The number of hydrogen-bond acceptors (Lipinski definition) is 3. The molecular weight excluding hydrogens is 407 g/mol. The highest BCUT2D eigenvalue weighted by molar-refractivity contribution is 7.99. The molecule has 0 unspecified atom stereocenters. The van der Waals surface area contributed by atoms with Gasteiger partial charge >= 0.3 is 0 Å². The lowest BCUT2D eigenvalue weighted by Gasteiger charge is -2.39. The number of thioether (sulfide) groups is 1. The van der Waals surface area contributed by atoms with Crippen LogP contribution in [-0.4, -0.2) is 47.6 Å². The molecule has 0 aromatic heterocycles. The van der Waals surface area contributed by atoms with Crippen LogP contribution in [0.2, 0.25) is 0 Å². The van der Waals surface area contributed by atoms with Crippen molar-refractivity contribution in [1.29, 1.82) is 0 Å². The summed E-state index contributed by atoms with van der Waals surface area (Å²) in [6.07, 6.45) is 0. The summed E-state index contributed by atoms with van der Waals surface area (Å²) in [5.41, 5.74) is 3.20. The van der Waals surface area contributed by atoms with Crippen molar-refractivity contribution in [1.82, 2.24) is 9.80 Å². The summed E-state index contributed by atoms with van der Waals surface area (Å²) >= 11 is 1.48. The van der Waals surface area contributed by atoms with Gasteiger partial charge in [-0.3, -0.25) is 9.69 Å². The van der Waals surface area contributed by atoms with Gasteiger partial charge in [-0.05, 0) is 22.8 Å². The second kappa shape index (κ2) is 10.6. The Balaban J connectivity index is 1.34. The van der Waals surface area contributed by atoms with E-state index in [0.29, 0.717) is 17.1 Å². The maximum Gasteiger partial charge on any atom is 0.232 e. The van der Waals surface area contributed by atoms with Gasteiger partial charge in [-0.15, -0.1) is 11.8 Å². The van der Waals surface area contributed by atoms with Gasteiger partial charge in [0.15, 0.2) is 0 Å². The lowest BCUT2D eigenvalue weighted by molar-refractivity contribution is -0.130. The van der Waals surface area contributed by atoms with E-state index in [1.165, 1.54) is 29.0 Å². The number of benzene rings is 3. The second-order valence-electron chi connectivity index (χ2n) is 7.72. The fourth-order valence-corrected chi connectivity index (χ4v) is 4.98. The van der Waals surface area contributed by atoms with E-state index in [4.69, 9.17) is 0 Å². The van der Waals surface area contributed by atoms with Gasteiger partial charge < -0.3 is 4.90 Å². The SMILES string of the molecule is O=C(CSCc1ccccc1F)N1CCN(C(c2ccccc2)c2ccccc2)CC1. The van der Waals surface area contributed by atoms with E-state index in [0.717, 1.165) is 26.2 Å². The molecular formula is C26H27FN2OS. The summed E-state index contributed by atoms with van der Waals surface area (Å²) in [7, 11) is 0. The van der Waals surface area contributed by atoms with Crippen molar-refractivity contribution in [3.8, 4) is 0 Å². The molecule has 5 heteroatoms. The van der Waals surface area contributed by atoms with Crippen molar-refractivity contribution in [2.45, 2.75) is 11.8 Å². The van der Waals surface area contributed by atoms with Gasteiger partial charge in [0.1, 0.15) is 5.82 Å². The highest BCUT2D eigenvalue weighted by atomic mass is 32.2. The standard InChI is InChI=1S/C26H27FN2OS/c27-24-14-8-7-13-23(24)19-31-20-25(30)28-15-17-29(18-16-28)26(21-9-3-1-4-10-21)22-11-5-2-6-12-22/h1-14,26H,15-20H2. The van der Waals surface area contributed by atoms with E-state index in [1.54, 1.807) is 12.1 Å². The van der Waals surface area contributed by atoms with E-state index < -0.39 is 0 Å². The molecule has 3 aromatic carbocycles. The smallest absolute Gasteiger partial charge is 0.232 e. The number of nitrogens with zero attached hydrogens (tertiary/aromatic N) is 2. The van der Waals surface area contributed by atoms with Crippen LogP contribution < -0.4 is 0 Å². The number of halogens is 1. The second-order valence-corrected chi connectivity index (χ2v) is 8.71. The molecule has 0 saturated carbocycles. The van der Waals surface area contributed by atoms with Crippen molar-refractivity contribution in [3.63, 3.8) is 0 Å². The van der Waals surface area contributed by atoms with Crippen LogP contribution in [0.5, 0.6) is 0 Å². The minimum absolute atomic E-state index is 0.136. The molecule has 0 spiro atoms. The average Bonchev–Trinajstić information content (AvgIpc) is 2.82. The van der Waals surface area contributed by atoms with E-state index in [2.05, 4.69) is 53.4 Å². The Labute approximate surface area is 187 Å². The molecule has 0 N–H and O–H groups in total. The van der Waals surface area contributed by atoms with E-state index in [1.807, 2.05) is 23.1 Å². The molecule has 0 aliphatic carbocycles. The molecule has 3 aromatic rings. The Bertz CT molecular complexity index is 935. The zero-order chi connectivity index (χ0) is 21.5. The van der Waals surface area contributed by atoms with E-state index in [9.17, 15) is 9.18 Å². The number of rotatable bonds is 7. The van der Waals surface area contributed by atoms with Crippen LogP contribution in [0.4, 0.5) is 4.39 Å². The largest absolute Gasteiger partial charge is 0.339 e. The topological polar surface area (TPSA) is 23.6 Å². The lowest BCUT2D eigenvalue weighted by Crippen LogP contribution is -2.50. The van der Waals surface area contributed by atoms with Gasteiger partial charge in [0.05, 0.1) is 11.8 Å². The zero-order valence-electron chi connectivity index (χ0n) is 17.5. The first kappa shape index (κ1) is 21.6. The summed E-state index contributed by atoms with van der Waals surface area (Å²) in [6.45, 7) is 3.10. The maximum atomic E-state index is 13.8. The third-order valence-electron chi connectivity index (χ3n) is 5.70.